The Balaban J connectivity index is 2.20. The van der Waals surface area contributed by atoms with E-state index < -0.39 is 0 Å². The van der Waals surface area contributed by atoms with Crippen LogP contribution >= 0.6 is 0 Å². The van der Waals surface area contributed by atoms with E-state index in [1.165, 1.54) is 38.5 Å². The summed E-state index contributed by atoms with van der Waals surface area (Å²) in [5.74, 6) is 0. The van der Waals surface area contributed by atoms with Crippen LogP contribution in [0.2, 0.25) is 0 Å². The summed E-state index contributed by atoms with van der Waals surface area (Å²) >= 11 is 0. The van der Waals surface area contributed by atoms with Gasteiger partial charge in [0.25, 0.3) is 5.56 Å². The number of hydrogen-bond acceptors (Lipinski definition) is 2. The molecule has 0 unspecified atom stereocenters. The predicted molar refractivity (Wildman–Crippen MR) is 78.0 cm³/mol. The fraction of sp³-hybridized carbons (Fsp3) is 0.625. The molecule has 0 aromatic carbocycles. The van der Waals surface area contributed by atoms with E-state index in [-0.39, 0.29) is 11.1 Å². The van der Waals surface area contributed by atoms with Gasteiger partial charge in [-0.25, -0.2) is 0 Å². The minimum atomic E-state index is -0.159. The van der Waals surface area contributed by atoms with Gasteiger partial charge < -0.3 is 4.57 Å². The van der Waals surface area contributed by atoms with Crippen LogP contribution in [0.5, 0.6) is 0 Å². The van der Waals surface area contributed by atoms with Crippen molar-refractivity contribution in [3.05, 3.63) is 34.2 Å². The second-order valence-corrected chi connectivity index (χ2v) is 5.01. The van der Waals surface area contributed by atoms with Crippen molar-refractivity contribution in [2.75, 3.05) is 0 Å². The SMILES string of the molecule is CCCCCCCCCCn1cccc(C#N)c1=O. The van der Waals surface area contributed by atoms with E-state index in [0.717, 1.165) is 19.4 Å². The van der Waals surface area contributed by atoms with Crippen molar-refractivity contribution in [3.8, 4) is 6.07 Å². The zero-order valence-corrected chi connectivity index (χ0v) is 11.9. The van der Waals surface area contributed by atoms with Crippen LogP contribution < -0.4 is 5.56 Å². The van der Waals surface area contributed by atoms with Gasteiger partial charge in [-0.2, -0.15) is 5.26 Å². The molecule has 0 aliphatic rings. The lowest BCUT2D eigenvalue weighted by Crippen LogP contribution is -2.21. The van der Waals surface area contributed by atoms with Crippen molar-refractivity contribution >= 4 is 0 Å². The Kier molecular flexibility index (Phi) is 7.65. The highest BCUT2D eigenvalue weighted by molar-refractivity contribution is 5.24. The average molecular weight is 260 g/mol. The first-order valence-corrected chi connectivity index (χ1v) is 7.39. The highest BCUT2D eigenvalue weighted by Crippen LogP contribution is 2.08. The van der Waals surface area contributed by atoms with Crippen molar-refractivity contribution in [3.63, 3.8) is 0 Å². The van der Waals surface area contributed by atoms with Crippen molar-refractivity contribution in [1.29, 1.82) is 5.26 Å². The van der Waals surface area contributed by atoms with Crippen LogP contribution in [0, 0.1) is 11.3 Å². The van der Waals surface area contributed by atoms with Gasteiger partial charge in [0, 0.05) is 12.7 Å². The Morgan fingerprint density at radius 1 is 1.11 bits per heavy atom. The van der Waals surface area contributed by atoms with Gasteiger partial charge in [0.15, 0.2) is 0 Å². The first-order valence-electron chi connectivity index (χ1n) is 7.39. The van der Waals surface area contributed by atoms with E-state index in [1.807, 2.05) is 6.07 Å². The fourth-order valence-electron chi connectivity index (χ4n) is 2.21. The third-order valence-corrected chi connectivity index (χ3v) is 3.39. The molecule has 3 nitrogen and oxygen atoms in total. The minimum Gasteiger partial charge on any atom is -0.314 e. The van der Waals surface area contributed by atoms with Gasteiger partial charge in [-0.3, -0.25) is 4.79 Å². The lowest BCUT2D eigenvalue weighted by Gasteiger charge is -2.05. The molecule has 1 aromatic rings. The van der Waals surface area contributed by atoms with E-state index in [1.54, 1.807) is 22.9 Å². The van der Waals surface area contributed by atoms with Gasteiger partial charge in [-0.1, -0.05) is 51.9 Å². The van der Waals surface area contributed by atoms with E-state index in [9.17, 15) is 4.79 Å². The number of unbranched alkanes of at least 4 members (excludes halogenated alkanes) is 7. The molecule has 104 valence electrons. The zero-order chi connectivity index (χ0) is 13.9. The fourth-order valence-corrected chi connectivity index (χ4v) is 2.21. The van der Waals surface area contributed by atoms with Crippen molar-refractivity contribution in [2.24, 2.45) is 0 Å². The van der Waals surface area contributed by atoms with Crippen LogP contribution in [0.25, 0.3) is 0 Å². The molecular formula is C16H24N2O. The number of hydrogen-bond donors (Lipinski definition) is 0. The summed E-state index contributed by atoms with van der Waals surface area (Å²) in [4.78, 5) is 11.8. The van der Waals surface area contributed by atoms with E-state index in [0.29, 0.717) is 0 Å². The van der Waals surface area contributed by atoms with Crippen LogP contribution in [0.15, 0.2) is 23.1 Å². The maximum Gasteiger partial charge on any atom is 0.268 e. The van der Waals surface area contributed by atoms with Crippen molar-refractivity contribution in [2.45, 2.75) is 64.8 Å². The van der Waals surface area contributed by atoms with Gasteiger partial charge >= 0.3 is 0 Å². The van der Waals surface area contributed by atoms with Crippen LogP contribution in [0.4, 0.5) is 0 Å². The Labute approximate surface area is 115 Å². The molecule has 0 fully saturated rings. The summed E-state index contributed by atoms with van der Waals surface area (Å²) in [6, 6.07) is 5.28. The van der Waals surface area contributed by atoms with Crippen LogP contribution in [0.1, 0.15) is 63.9 Å². The van der Waals surface area contributed by atoms with Crippen LogP contribution in [0.3, 0.4) is 0 Å². The summed E-state index contributed by atoms with van der Waals surface area (Å²) in [6.07, 6.45) is 11.8. The molecule has 0 spiro atoms. The molecule has 0 radical (unpaired) electrons. The summed E-state index contributed by atoms with van der Waals surface area (Å²) in [5, 5.41) is 8.79. The van der Waals surface area contributed by atoms with Gasteiger partial charge in [-0.05, 0) is 18.6 Å². The Bertz CT molecular complexity index is 457. The topological polar surface area (TPSA) is 45.8 Å². The summed E-state index contributed by atoms with van der Waals surface area (Å²) < 4.78 is 1.65. The maximum atomic E-state index is 11.8. The van der Waals surface area contributed by atoms with Gasteiger partial charge in [-0.15, -0.1) is 0 Å². The molecule has 0 saturated carbocycles. The highest BCUT2D eigenvalue weighted by atomic mass is 16.1. The second-order valence-electron chi connectivity index (χ2n) is 5.01. The molecule has 0 saturated heterocycles. The molecule has 0 bridgehead atoms. The number of aryl methyl sites for hydroxylation is 1. The predicted octanol–water partition coefficient (Wildman–Crippen LogP) is 3.86. The number of pyridine rings is 1. The third kappa shape index (κ3) is 5.74. The molecule has 0 atom stereocenters. The molecule has 0 aliphatic heterocycles. The van der Waals surface area contributed by atoms with Crippen molar-refractivity contribution in [1.82, 2.24) is 4.57 Å². The number of rotatable bonds is 9. The molecular weight excluding hydrogens is 236 g/mol. The maximum absolute atomic E-state index is 11.8. The van der Waals surface area contributed by atoms with Crippen LogP contribution in [-0.2, 0) is 6.54 Å². The Hall–Kier alpha value is -1.56. The molecule has 19 heavy (non-hydrogen) atoms. The molecule has 1 heterocycles. The van der Waals surface area contributed by atoms with Crippen molar-refractivity contribution < 1.29 is 0 Å². The normalized spacial score (nSPS) is 10.3. The standard InChI is InChI=1S/C16H24N2O/c1-2-3-4-5-6-7-8-9-12-18-13-10-11-15(14-17)16(18)19/h10-11,13H,2-9,12H2,1H3. The molecule has 1 aromatic heterocycles. The van der Waals surface area contributed by atoms with Gasteiger partial charge in [0.1, 0.15) is 11.6 Å². The molecule has 3 heteroatoms. The number of nitriles is 1. The summed E-state index contributed by atoms with van der Waals surface area (Å²) in [6.45, 7) is 2.95. The monoisotopic (exact) mass is 260 g/mol. The first kappa shape index (κ1) is 15.5. The quantitative estimate of drug-likeness (QED) is 0.633. The van der Waals surface area contributed by atoms with E-state index in [2.05, 4.69) is 6.92 Å². The number of nitrogens with zero attached hydrogens (tertiary/aromatic N) is 2. The first-order chi connectivity index (χ1) is 9.29. The van der Waals surface area contributed by atoms with E-state index >= 15 is 0 Å². The molecule has 1 rings (SSSR count). The minimum absolute atomic E-state index is 0.159. The lowest BCUT2D eigenvalue weighted by molar-refractivity contribution is 0.537. The van der Waals surface area contributed by atoms with Crippen LogP contribution in [-0.4, -0.2) is 4.57 Å². The average Bonchev–Trinajstić information content (AvgIpc) is 2.43. The molecule has 0 aliphatic carbocycles. The largest absolute Gasteiger partial charge is 0.314 e. The third-order valence-electron chi connectivity index (χ3n) is 3.39. The van der Waals surface area contributed by atoms with E-state index in [4.69, 9.17) is 5.26 Å². The summed E-state index contributed by atoms with van der Waals surface area (Å²) in [7, 11) is 0. The number of aromatic nitrogens is 1. The smallest absolute Gasteiger partial charge is 0.268 e. The second kappa shape index (κ2) is 9.38. The molecule has 0 N–H and O–H groups in total. The Morgan fingerprint density at radius 3 is 2.37 bits per heavy atom. The van der Waals surface area contributed by atoms with Gasteiger partial charge in [0.05, 0.1) is 0 Å². The zero-order valence-electron chi connectivity index (χ0n) is 11.9. The molecule has 0 amide bonds. The van der Waals surface area contributed by atoms with Gasteiger partial charge in [0.2, 0.25) is 0 Å². The summed E-state index contributed by atoms with van der Waals surface area (Å²) in [5.41, 5.74) is 0.0787. The Morgan fingerprint density at radius 2 is 1.74 bits per heavy atom. The lowest BCUT2D eigenvalue weighted by atomic mass is 10.1. The highest BCUT2D eigenvalue weighted by Gasteiger charge is 2.01.